The molecule has 1 aliphatic carbocycles. The van der Waals surface area contributed by atoms with E-state index in [1.165, 1.54) is 0 Å². The van der Waals surface area contributed by atoms with E-state index in [2.05, 4.69) is 29.5 Å². The van der Waals surface area contributed by atoms with Crippen molar-refractivity contribution < 1.29 is 24.2 Å². The predicted molar refractivity (Wildman–Crippen MR) is 118 cm³/mol. The number of rotatable bonds is 9. The molecule has 2 N–H and O–H groups in total. The molecule has 0 saturated heterocycles. The van der Waals surface area contributed by atoms with Gasteiger partial charge in [-0.05, 0) is 62.3 Å². The average Bonchev–Trinajstić information content (AvgIpc) is 3.13. The van der Waals surface area contributed by atoms with Crippen LogP contribution in [0.3, 0.4) is 0 Å². The number of carboxylic acids is 1. The molecule has 0 aliphatic heterocycles. The highest BCUT2D eigenvalue weighted by molar-refractivity contribution is 5.70. The van der Waals surface area contributed by atoms with Gasteiger partial charge in [-0.15, -0.1) is 5.10 Å². The fraction of sp³-hybridized carbons (Fsp3) is 0.565. The van der Waals surface area contributed by atoms with Gasteiger partial charge in [-0.2, -0.15) is 0 Å². The largest absolute Gasteiger partial charge is 0.490 e. The van der Waals surface area contributed by atoms with Crippen LogP contribution in [-0.4, -0.2) is 44.9 Å². The first-order valence-electron chi connectivity index (χ1n) is 11.1. The molecule has 1 heterocycles. The molecule has 1 amide bonds. The molecule has 1 aliphatic rings. The van der Waals surface area contributed by atoms with Crippen LogP contribution in [0.25, 0.3) is 11.3 Å². The molecule has 9 nitrogen and oxygen atoms in total. The highest BCUT2D eigenvalue weighted by Crippen LogP contribution is 2.29. The summed E-state index contributed by atoms with van der Waals surface area (Å²) in [5.74, 6) is 0.0856. The molecule has 9 heteroatoms. The summed E-state index contributed by atoms with van der Waals surface area (Å²) in [5, 5.41) is 20.3. The standard InChI is InChI=1S/C23H32N4O5/c1-15(2)11-12-31-23(30)24-14-20-21(25-26-27(20)3)16-7-9-18(10-8-16)32-19-6-4-5-17(13-19)22(28)29/h7-10,15,17,19H,4-6,11-14H2,1-3H3,(H,24,30)(H,28,29)/t17-,19-/m1/s1. The Morgan fingerprint density at radius 3 is 2.69 bits per heavy atom. The SMILES string of the molecule is CC(C)CCOC(=O)NCc1c(-c2ccc(O[C@@H]3CCC[C@@H](C(=O)O)C3)cc2)nnn1C. The number of nitrogens with one attached hydrogen (secondary N) is 1. The van der Waals surface area contributed by atoms with Gasteiger partial charge in [-0.1, -0.05) is 19.1 Å². The molecule has 32 heavy (non-hydrogen) atoms. The van der Waals surface area contributed by atoms with Crippen molar-refractivity contribution in [2.75, 3.05) is 6.61 Å². The van der Waals surface area contributed by atoms with Crippen molar-refractivity contribution in [3.05, 3.63) is 30.0 Å². The Hall–Kier alpha value is -3.10. The summed E-state index contributed by atoms with van der Waals surface area (Å²) in [6.07, 6.45) is 3.22. The number of alkyl carbamates (subject to hydrolysis) is 1. The molecule has 0 radical (unpaired) electrons. The summed E-state index contributed by atoms with van der Waals surface area (Å²) in [5.41, 5.74) is 2.28. The molecule has 174 valence electrons. The van der Waals surface area contributed by atoms with E-state index in [4.69, 9.17) is 9.47 Å². The molecule has 2 atom stereocenters. The molecule has 2 aromatic rings. The Kier molecular flexibility index (Phi) is 8.08. The topological polar surface area (TPSA) is 116 Å². The smallest absolute Gasteiger partial charge is 0.407 e. The number of hydrogen-bond acceptors (Lipinski definition) is 6. The quantitative estimate of drug-likeness (QED) is 0.605. The van der Waals surface area contributed by atoms with E-state index in [0.29, 0.717) is 36.8 Å². The second-order valence-electron chi connectivity index (χ2n) is 8.65. The zero-order valence-corrected chi connectivity index (χ0v) is 18.9. The lowest BCUT2D eigenvalue weighted by Crippen LogP contribution is -2.29. The third kappa shape index (κ3) is 6.45. The number of nitrogens with zero attached hydrogens (tertiary/aromatic N) is 3. The third-order valence-electron chi connectivity index (χ3n) is 5.68. The normalized spacial score (nSPS) is 18.4. The van der Waals surface area contributed by atoms with Crippen LogP contribution in [0.4, 0.5) is 4.79 Å². The van der Waals surface area contributed by atoms with Gasteiger partial charge < -0.3 is 19.9 Å². The lowest BCUT2D eigenvalue weighted by Gasteiger charge is -2.27. The Bertz CT molecular complexity index is 910. The van der Waals surface area contributed by atoms with Crippen LogP contribution in [0.15, 0.2) is 24.3 Å². The first-order valence-corrected chi connectivity index (χ1v) is 11.1. The van der Waals surface area contributed by atoms with Gasteiger partial charge in [0.25, 0.3) is 0 Å². The monoisotopic (exact) mass is 444 g/mol. The van der Waals surface area contributed by atoms with Crippen molar-refractivity contribution in [3.63, 3.8) is 0 Å². The van der Waals surface area contributed by atoms with Crippen LogP contribution < -0.4 is 10.1 Å². The summed E-state index contributed by atoms with van der Waals surface area (Å²) < 4.78 is 12.8. The Morgan fingerprint density at radius 1 is 1.25 bits per heavy atom. The highest BCUT2D eigenvalue weighted by atomic mass is 16.5. The number of carbonyl (C=O) groups is 2. The van der Waals surface area contributed by atoms with Crippen molar-refractivity contribution in [1.29, 1.82) is 0 Å². The van der Waals surface area contributed by atoms with Gasteiger partial charge in [-0.3, -0.25) is 4.79 Å². The van der Waals surface area contributed by atoms with Gasteiger partial charge in [0, 0.05) is 12.6 Å². The second-order valence-corrected chi connectivity index (χ2v) is 8.65. The van der Waals surface area contributed by atoms with E-state index in [9.17, 15) is 14.7 Å². The molecule has 1 aromatic carbocycles. The second kappa shape index (κ2) is 11.0. The zero-order valence-electron chi connectivity index (χ0n) is 18.9. The third-order valence-corrected chi connectivity index (χ3v) is 5.68. The molecule has 0 spiro atoms. The number of ether oxygens (including phenoxy) is 2. The molecular weight excluding hydrogens is 412 g/mol. The molecule has 3 rings (SSSR count). The minimum atomic E-state index is -0.749. The Morgan fingerprint density at radius 2 is 2.00 bits per heavy atom. The maximum absolute atomic E-state index is 11.9. The van der Waals surface area contributed by atoms with Crippen LogP contribution in [0.1, 0.15) is 51.6 Å². The average molecular weight is 445 g/mol. The summed E-state index contributed by atoms with van der Waals surface area (Å²) in [7, 11) is 1.77. The highest BCUT2D eigenvalue weighted by Gasteiger charge is 2.28. The summed E-state index contributed by atoms with van der Waals surface area (Å²) in [6.45, 7) is 4.78. The Labute approximate surface area is 188 Å². The van der Waals surface area contributed by atoms with Crippen molar-refractivity contribution in [2.24, 2.45) is 18.9 Å². The van der Waals surface area contributed by atoms with Crippen molar-refractivity contribution in [2.45, 2.75) is 58.6 Å². The fourth-order valence-corrected chi connectivity index (χ4v) is 3.75. The summed E-state index contributed by atoms with van der Waals surface area (Å²) >= 11 is 0. The van der Waals surface area contributed by atoms with Crippen LogP contribution in [0.2, 0.25) is 0 Å². The van der Waals surface area contributed by atoms with E-state index in [0.717, 1.165) is 30.5 Å². The van der Waals surface area contributed by atoms with E-state index in [1.54, 1.807) is 11.7 Å². The van der Waals surface area contributed by atoms with E-state index in [-0.39, 0.29) is 18.6 Å². The number of carboxylic acid groups (broad SMARTS) is 1. The summed E-state index contributed by atoms with van der Waals surface area (Å²) in [6, 6.07) is 7.49. The first kappa shape index (κ1) is 23.6. The van der Waals surface area contributed by atoms with Gasteiger partial charge in [-0.25, -0.2) is 9.48 Å². The van der Waals surface area contributed by atoms with Crippen LogP contribution in [-0.2, 0) is 23.1 Å². The minimum absolute atomic E-state index is 0.0892. The number of aliphatic carboxylic acids is 1. The van der Waals surface area contributed by atoms with E-state index < -0.39 is 12.1 Å². The van der Waals surface area contributed by atoms with Crippen LogP contribution >= 0.6 is 0 Å². The number of carbonyl (C=O) groups excluding carboxylic acids is 1. The maximum Gasteiger partial charge on any atom is 0.407 e. The predicted octanol–water partition coefficient (Wildman–Crippen LogP) is 3.78. The molecule has 0 unspecified atom stereocenters. The number of aromatic nitrogens is 3. The Balaban J connectivity index is 1.59. The molecule has 1 saturated carbocycles. The van der Waals surface area contributed by atoms with Crippen LogP contribution in [0.5, 0.6) is 5.75 Å². The summed E-state index contributed by atoms with van der Waals surface area (Å²) in [4.78, 5) is 23.2. The lowest BCUT2D eigenvalue weighted by molar-refractivity contribution is -0.143. The molecule has 1 aromatic heterocycles. The number of hydrogen-bond donors (Lipinski definition) is 2. The van der Waals surface area contributed by atoms with Crippen molar-refractivity contribution in [1.82, 2.24) is 20.3 Å². The number of benzene rings is 1. The van der Waals surface area contributed by atoms with Crippen molar-refractivity contribution >= 4 is 12.1 Å². The number of aryl methyl sites for hydroxylation is 1. The maximum atomic E-state index is 11.9. The number of amides is 1. The van der Waals surface area contributed by atoms with Gasteiger partial charge >= 0.3 is 12.1 Å². The van der Waals surface area contributed by atoms with Crippen LogP contribution in [0, 0.1) is 11.8 Å². The van der Waals surface area contributed by atoms with Gasteiger partial charge in [0.15, 0.2) is 0 Å². The first-order chi connectivity index (χ1) is 15.3. The molecule has 1 fully saturated rings. The van der Waals surface area contributed by atoms with E-state index >= 15 is 0 Å². The molecule has 0 bridgehead atoms. The van der Waals surface area contributed by atoms with Gasteiger partial charge in [0.1, 0.15) is 11.4 Å². The molecular formula is C23H32N4O5. The van der Waals surface area contributed by atoms with Gasteiger partial charge in [0.05, 0.1) is 30.9 Å². The van der Waals surface area contributed by atoms with E-state index in [1.807, 2.05) is 24.3 Å². The fourth-order valence-electron chi connectivity index (χ4n) is 3.75. The van der Waals surface area contributed by atoms with Gasteiger partial charge in [0.2, 0.25) is 0 Å². The zero-order chi connectivity index (χ0) is 23.1. The lowest BCUT2D eigenvalue weighted by atomic mass is 9.87. The minimum Gasteiger partial charge on any atom is -0.490 e. The van der Waals surface area contributed by atoms with Crippen molar-refractivity contribution in [3.8, 4) is 17.0 Å².